The molecule has 0 radical (unpaired) electrons. The van der Waals surface area contributed by atoms with E-state index < -0.39 is 0 Å². The van der Waals surface area contributed by atoms with Crippen LogP contribution in [0, 0.1) is 6.92 Å². The molecule has 4 nitrogen and oxygen atoms in total. The normalized spacial score (nSPS) is 10.8. The third kappa shape index (κ3) is 5.48. The number of hydrogen-bond donors (Lipinski definition) is 1. The van der Waals surface area contributed by atoms with E-state index in [0.717, 1.165) is 28.1 Å². The molecule has 0 saturated heterocycles. The molecule has 0 fully saturated rings. The van der Waals surface area contributed by atoms with Gasteiger partial charge in [-0.3, -0.25) is 4.79 Å². The molecule has 1 N–H and O–H groups in total. The molecule has 4 aromatic rings. The van der Waals surface area contributed by atoms with E-state index in [2.05, 4.69) is 67.0 Å². The molecule has 0 unspecified atom stereocenters. The van der Waals surface area contributed by atoms with Crippen molar-refractivity contribution < 1.29 is 4.79 Å². The Balaban J connectivity index is 1.47. The summed E-state index contributed by atoms with van der Waals surface area (Å²) in [5.74, 6) is 0.0428. The van der Waals surface area contributed by atoms with Crippen LogP contribution in [0.2, 0.25) is 0 Å². The molecular formula is C27H27N3OS. The van der Waals surface area contributed by atoms with Gasteiger partial charge in [-0.2, -0.15) is 5.10 Å². The van der Waals surface area contributed by atoms with Crippen molar-refractivity contribution in [1.82, 2.24) is 15.1 Å². The van der Waals surface area contributed by atoms with E-state index in [1.807, 2.05) is 41.2 Å². The molecule has 5 heteroatoms. The third-order valence-corrected chi connectivity index (χ3v) is 6.15. The standard InChI is InChI=1S/C27H27N3OS/c1-20-8-12-22(13-9-20)27-23(19-30(29-27)24-6-4-3-5-7-24)14-17-26(31)28-18-21-10-15-25(32-2)16-11-21/h3-13,15-16,19H,14,17-18H2,1-2H3,(H,28,31). The average Bonchev–Trinajstić information content (AvgIpc) is 3.27. The second kappa shape index (κ2) is 10.3. The molecular weight excluding hydrogens is 414 g/mol. The average molecular weight is 442 g/mol. The monoisotopic (exact) mass is 441 g/mol. The number of carbonyl (C=O) groups is 1. The second-order valence-corrected chi connectivity index (χ2v) is 8.65. The van der Waals surface area contributed by atoms with Crippen LogP contribution in [-0.2, 0) is 17.8 Å². The predicted molar refractivity (Wildman–Crippen MR) is 132 cm³/mol. The molecule has 0 atom stereocenters. The van der Waals surface area contributed by atoms with Crippen molar-refractivity contribution in [2.75, 3.05) is 6.26 Å². The summed E-state index contributed by atoms with van der Waals surface area (Å²) in [4.78, 5) is 13.8. The van der Waals surface area contributed by atoms with Crippen LogP contribution in [-0.4, -0.2) is 21.9 Å². The lowest BCUT2D eigenvalue weighted by Gasteiger charge is -2.07. The topological polar surface area (TPSA) is 46.9 Å². The van der Waals surface area contributed by atoms with E-state index in [0.29, 0.717) is 19.4 Å². The van der Waals surface area contributed by atoms with E-state index in [-0.39, 0.29) is 5.91 Å². The van der Waals surface area contributed by atoms with Crippen molar-refractivity contribution in [2.24, 2.45) is 0 Å². The lowest BCUT2D eigenvalue weighted by Crippen LogP contribution is -2.23. The fourth-order valence-electron chi connectivity index (χ4n) is 3.54. The number of nitrogens with one attached hydrogen (secondary N) is 1. The van der Waals surface area contributed by atoms with Gasteiger partial charge in [0, 0.05) is 29.6 Å². The van der Waals surface area contributed by atoms with Gasteiger partial charge < -0.3 is 5.32 Å². The Morgan fingerprint density at radius 1 is 0.969 bits per heavy atom. The van der Waals surface area contributed by atoms with Gasteiger partial charge in [-0.25, -0.2) is 4.68 Å². The number of amides is 1. The van der Waals surface area contributed by atoms with Gasteiger partial charge in [0.25, 0.3) is 0 Å². The van der Waals surface area contributed by atoms with Crippen LogP contribution in [0.3, 0.4) is 0 Å². The lowest BCUT2D eigenvalue weighted by molar-refractivity contribution is -0.121. The number of hydrogen-bond acceptors (Lipinski definition) is 3. The number of aryl methyl sites for hydroxylation is 2. The number of benzene rings is 3. The molecule has 0 spiro atoms. The molecule has 0 aliphatic heterocycles. The van der Waals surface area contributed by atoms with Crippen molar-refractivity contribution in [3.05, 3.63) is 102 Å². The zero-order chi connectivity index (χ0) is 22.3. The molecule has 1 amide bonds. The maximum Gasteiger partial charge on any atom is 0.220 e. The molecule has 1 heterocycles. The number of para-hydroxylation sites is 1. The minimum Gasteiger partial charge on any atom is -0.352 e. The van der Waals surface area contributed by atoms with Crippen LogP contribution in [0.5, 0.6) is 0 Å². The number of thioether (sulfide) groups is 1. The minimum absolute atomic E-state index is 0.0428. The first-order valence-electron chi connectivity index (χ1n) is 10.7. The second-order valence-electron chi connectivity index (χ2n) is 7.77. The Morgan fingerprint density at radius 3 is 2.38 bits per heavy atom. The Hall–Kier alpha value is -3.31. The molecule has 0 saturated carbocycles. The van der Waals surface area contributed by atoms with Crippen LogP contribution < -0.4 is 5.32 Å². The Bertz CT molecular complexity index is 1170. The van der Waals surface area contributed by atoms with Gasteiger partial charge >= 0.3 is 0 Å². The van der Waals surface area contributed by atoms with Crippen LogP contribution in [0.4, 0.5) is 0 Å². The molecule has 162 valence electrons. The smallest absolute Gasteiger partial charge is 0.220 e. The first-order chi connectivity index (χ1) is 15.6. The van der Waals surface area contributed by atoms with E-state index >= 15 is 0 Å². The van der Waals surface area contributed by atoms with Gasteiger partial charge in [-0.1, -0.05) is 60.2 Å². The first-order valence-corrected chi connectivity index (χ1v) is 12.0. The summed E-state index contributed by atoms with van der Waals surface area (Å²) in [6.07, 6.45) is 5.15. The predicted octanol–water partition coefficient (Wildman–Crippen LogP) is 5.82. The van der Waals surface area contributed by atoms with Gasteiger partial charge in [0.2, 0.25) is 5.91 Å². The summed E-state index contributed by atoms with van der Waals surface area (Å²) in [5, 5.41) is 7.89. The number of carbonyl (C=O) groups excluding carboxylic acids is 1. The minimum atomic E-state index is 0.0428. The maximum atomic E-state index is 12.5. The van der Waals surface area contributed by atoms with E-state index in [1.165, 1.54) is 10.5 Å². The van der Waals surface area contributed by atoms with Crippen molar-refractivity contribution in [1.29, 1.82) is 0 Å². The summed E-state index contributed by atoms with van der Waals surface area (Å²) in [5.41, 5.74) is 6.38. The fourth-order valence-corrected chi connectivity index (χ4v) is 3.95. The van der Waals surface area contributed by atoms with Crippen molar-refractivity contribution in [2.45, 2.75) is 31.2 Å². The highest BCUT2D eigenvalue weighted by molar-refractivity contribution is 7.98. The molecule has 4 rings (SSSR count). The molecule has 1 aromatic heterocycles. The van der Waals surface area contributed by atoms with Gasteiger partial charge in [-0.15, -0.1) is 11.8 Å². The summed E-state index contributed by atoms with van der Waals surface area (Å²) in [7, 11) is 0. The zero-order valence-electron chi connectivity index (χ0n) is 18.4. The molecule has 0 aliphatic carbocycles. The largest absolute Gasteiger partial charge is 0.352 e. The van der Waals surface area contributed by atoms with E-state index in [9.17, 15) is 4.79 Å². The van der Waals surface area contributed by atoms with Crippen LogP contribution >= 0.6 is 11.8 Å². The molecule has 0 aliphatic rings. The summed E-state index contributed by atoms with van der Waals surface area (Å²) < 4.78 is 1.90. The Kier molecular flexibility index (Phi) is 7.07. The highest BCUT2D eigenvalue weighted by Gasteiger charge is 2.14. The van der Waals surface area contributed by atoms with Crippen molar-refractivity contribution >= 4 is 17.7 Å². The Morgan fingerprint density at radius 2 is 1.69 bits per heavy atom. The first kappa shape index (κ1) is 21.9. The summed E-state index contributed by atoms with van der Waals surface area (Å²) >= 11 is 1.71. The zero-order valence-corrected chi connectivity index (χ0v) is 19.2. The van der Waals surface area contributed by atoms with Crippen molar-refractivity contribution in [3.63, 3.8) is 0 Å². The van der Waals surface area contributed by atoms with Gasteiger partial charge in [-0.05, 0) is 55.0 Å². The number of rotatable bonds is 8. The quantitative estimate of drug-likeness (QED) is 0.351. The van der Waals surface area contributed by atoms with Crippen LogP contribution in [0.15, 0.2) is 90.0 Å². The fraction of sp³-hybridized carbons (Fsp3) is 0.185. The summed E-state index contributed by atoms with van der Waals surface area (Å²) in [6.45, 7) is 2.62. The lowest BCUT2D eigenvalue weighted by atomic mass is 10.0. The van der Waals surface area contributed by atoms with E-state index in [4.69, 9.17) is 5.10 Å². The number of nitrogens with zero attached hydrogens (tertiary/aromatic N) is 2. The molecule has 3 aromatic carbocycles. The Labute approximate surface area is 193 Å². The molecule has 32 heavy (non-hydrogen) atoms. The summed E-state index contributed by atoms with van der Waals surface area (Å²) in [6, 6.07) is 26.7. The SMILES string of the molecule is CSc1ccc(CNC(=O)CCc2cn(-c3ccccc3)nc2-c2ccc(C)cc2)cc1. The highest BCUT2D eigenvalue weighted by Crippen LogP contribution is 2.25. The van der Waals surface area contributed by atoms with Crippen LogP contribution in [0.1, 0.15) is 23.1 Å². The highest BCUT2D eigenvalue weighted by atomic mass is 32.2. The van der Waals surface area contributed by atoms with Gasteiger partial charge in [0.15, 0.2) is 0 Å². The maximum absolute atomic E-state index is 12.5. The molecule has 0 bridgehead atoms. The van der Waals surface area contributed by atoms with Crippen molar-refractivity contribution in [3.8, 4) is 16.9 Å². The van der Waals surface area contributed by atoms with Gasteiger partial charge in [0.1, 0.15) is 0 Å². The number of aromatic nitrogens is 2. The van der Waals surface area contributed by atoms with Crippen LogP contribution in [0.25, 0.3) is 16.9 Å². The third-order valence-electron chi connectivity index (χ3n) is 5.41. The van der Waals surface area contributed by atoms with E-state index in [1.54, 1.807) is 11.8 Å². The van der Waals surface area contributed by atoms with Gasteiger partial charge in [0.05, 0.1) is 11.4 Å².